The van der Waals surface area contributed by atoms with E-state index in [4.69, 9.17) is 0 Å². The zero-order valence-corrected chi connectivity index (χ0v) is 12.6. The molecule has 0 aromatic carbocycles. The summed E-state index contributed by atoms with van der Waals surface area (Å²) in [5.41, 5.74) is 0. The fraction of sp³-hybridized carbons (Fsp3) is 0.500. The number of ketones is 2. The van der Waals surface area contributed by atoms with Gasteiger partial charge in [-0.1, -0.05) is 0 Å². The van der Waals surface area contributed by atoms with Crippen LogP contribution in [0.1, 0.15) is 27.7 Å². The number of aliphatic hydroxyl groups is 2. The van der Waals surface area contributed by atoms with Crippen molar-refractivity contribution < 1.29 is 19.8 Å². The lowest BCUT2D eigenvalue weighted by molar-refractivity contribution is -0.114. The highest BCUT2D eigenvalue weighted by Gasteiger charge is 2.11. The summed E-state index contributed by atoms with van der Waals surface area (Å²) in [6.45, 7) is 5.73. The van der Waals surface area contributed by atoms with E-state index >= 15 is 0 Å². The molecule has 0 heterocycles. The first-order valence-corrected chi connectivity index (χ1v) is 7.31. The van der Waals surface area contributed by atoms with E-state index in [1.807, 2.05) is 0 Å². The van der Waals surface area contributed by atoms with Crippen molar-refractivity contribution in [3.63, 3.8) is 0 Å². The summed E-state index contributed by atoms with van der Waals surface area (Å²) in [4.78, 5) is 23.0. The molecule has 0 atom stereocenters. The second-order valence-corrected chi connectivity index (χ2v) is 5.85. The molecule has 0 saturated heterocycles. The fourth-order valence-electron chi connectivity index (χ4n) is 1.21. The zero-order valence-electron chi connectivity index (χ0n) is 10.9. The van der Waals surface area contributed by atoms with Gasteiger partial charge in [0.05, 0.1) is 9.81 Å². The van der Waals surface area contributed by atoms with Crippen molar-refractivity contribution in [3.8, 4) is 0 Å². The second kappa shape index (κ2) is 8.26. The smallest absolute Gasteiger partial charge is 0.169 e. The highest BCUT2D eigenvalue weighted by molar-refractivity contribution is 8.07. The number of carbonyl (C=O) groups is 2. The van der Waals surface area contributed by atoms with Gasteiger partial charge in [-0.2, -0.15) is 0 Å². The second-order valence-electron chi connectivity index (χ2n) is 3.64. The SMILES string of the molecule is CC(=O)C(SCCSC(C(C)=O)=C(C)O)=C(C)O. The Balaban J connectivity index is 4.31. The first kappa shape index (κ1) is 17.1. The van der Waals surface area contributed by atoms with Gasteiger partial charge in [-0.3, -0.25) is 9.59 Å². The quantitative estimate of drug-likeness (QED) is 0.426. The molecule has 4 nitrogen and oxygen atoms in total. The molecule has 0 spiro atoms. The van der Waals surface area contributed by atoms with Crippen LogP contribution in [0.5, 0.6) is 0 Å². The van der Waals surface area contributed by atoms with Crippen molar-refractivity contribution in [2.45, 2.75) is 27.7 Å². The van der Waals surface area contributed by atoms with Gasteiger partial charge in [0.25, 0.3) is 0 Å². The molecule has 18 heavy (non-hydrogen) atoms. The van der Waals surface area contributed by atoms with E-state index in [0.29, 0.717) is 21.3 Å². The largest absolute Gasteiger partial charge is 0.511 e. The van der Waals surface area contributed by atoms with Gasteiger partial charge in [0.2, 0.25) is 0 Å². The lowest BCUT2D eigenvalue weighted by atomic mass is 10.4. The molecule has 0 bridgehead atoms. The molecular formula is C12H18O4S2. The van der Waals surface area contributed by atoms with E-state index in [2.05, 4.69) is 0 Å². The molecule has 0 aliphatic rings. The van der Waals surface area contributed by atoms with Crippen LogP contribution in [-0.2, 0) is 9.59 Å². The summed E-state index contributed by atoms with van der Waals surface area (Å²) in [5.74, 6) is 0.816. The maximum absolute atomic E-state index is 11.2. The van der Waals surface area contributed by atoms with Crippen LogP contribution in [0.15, 0.2) is 21.3 Å². The van der Waals surface area contributed by atoms with E-state index in [-0.39, 0.29) is 23.1 Å². The van der Waals surface area contributed by atoms with Crippen LogP contribution in [0.25, 0.3) is 0 Å². The number of hydrogen-bond acceptors (Lipinski definition) is 6. The number of thioether (sulfide) groups is 2. The number of rotatable bonds is 7. The Bertz CT molecular complexity index is 351. The predicted octanol–water partition coefficient (Wildman–Crippen LogP) is 3.21. The summed E-state index contributed by atoms with van der Waals surface area (Å²) in [5, 5.41) is 18.6. The third-order valence-electron chi connectivity index (χ3n) is 1.87. The van der Waals surface area contributed by atoms with Crippen LogP contribution in [0, 0.1) is 0 Å². The predicted molar refractivity (Wildman–Crippen MR) is 76.9 cm³/mol. The zero-order chi connectivity index (χ0) is 14.3. The molecule has 0 fully saturated rings. The Morgan fingerprint density at radius 2 is 1.06 bits per heavy atom. The molecule has 0 unspecified atom stereocenters. The average molecular weight is 290 g/mol. The van der Waals surface area contributed by atoms with Crippen LogP contribution >= 0.6 is 23.5 Å². The van der Waals surface area contributed by atoms with E-state index in [9.17, 15) is 19.8 Å². The topological polar surface area (TPSA) is 74.6 Å². The third-order valence-corrected chi connectivity index (χ3v) is 4.69. The van der Waals surface area contributed by atoms with Crippen LogP contribution in [0.3, 0.4) is 0 Å². The molecule has 0 saturated carbocycles. The van der Waals surface area contributed by atoms with Gasteiger partial charge in [0.15, 0.2) is 11.6 Å². The lowest BCUT2D eigenvalue weighted by Gasteiger charge is -2.06. The molecule has 0 aromatic rings. The molecular weight excluding hydrogens is 272 g/mol. The fourth-order valence-corrected chi connectivity index (χ4v) is 3.11. The maximum atomic E-state index is 11.2. The van der Waals surface area contributed by atoms with Gasteiger partial charge in [-0.15, -0.1) is 23.5 Å². The van der Waals surface area contributed by atoms with Crippen molar-refractivity contribution in [1.82, 2.24) is 0 Å². The molecule has 0 aliphatic heterocycles. The standard InChI is InChI=1S/C12H18O4S2/c1-7(13)11(8(2)14)17-5-6-18-12(9(3)15)10(4)16/h13,15H,5-6H2,1-4H3. The van der Waals surface area contributed by atoms with Crippen molar-refractivity contribution >= 4 is 35.1 Å². The van der Waals surface area contributed by atoms with E-state index in [0.717, 1.165) is 0 Å². The summed E-state index contributed by atoms with van der Waals surface area (Å²) in [6, 6.07) is 0. The van der Waals surface area contributed by atoms with Gasteiger partial charge in [0, 0.05) is 11.5 Å². The van der Waals surface area contributed by atoms with Gasteiger partial charge in [-0.05, 0) is 27.7 Å². The van der Waals surface area contributed by atoms with Gasteiger partial charge < -0.3 is 10.2 Å². The molecule has 2 N–H and O–H groups in total. The van der Waals surface area contributed by atoms with Crippen molar-refractivity contribution in [2.24, 2.45) is 0 Å². The van der Waals surface area contributed by atoms with Crippen molar-refractivity contribution in [1.29, 1.82) is 0 Å². The average Bonchev–Trinajstić information content (AvgIpc) is 2.20. The molecule has 0 radical (unpaired) electrons. The van der Waals surface area contributed by atoms with Crippen LogP contribution in [0.4, 0.5) is 0 Å². The molecule has 0 aromatic heterocycles. The van der Waals surface area contributed by atoms with Gasteiger partial charge >= 0.3 is 0 Å². The van der Waals surface area contributed by atoms with E-state index in [1.54, 1.807) is 0 Å². The molecule has 102 valence electrons. The Morgan fingerprint density at radius 1 is 0.778 bits per heavy atom. The Kier molecular flexibility index (Phi) is 7.86. The summed E-state index contributed by atoms with van der Waals surface area (Å²) >= 11 is 2.49. The third kappa shape index (κ3) is 6.16. The Morgan fingerprint density at radius 3 is 1.22 bits per heavy atom. The van der Waals surface area contributed by atoms with Crippen molar-refractivity contribution in [3.05, 3.63) is 21.3 Å². The van der Waals surface area contributed by atoms with Crippen molar-refractivity contribution in [2.75, 3.05) is 11.5 Å². The molecule has 0 amide bonds. The van der Waals surface area contributed by atoms with Gasteiger partial charge in [0.1, 0.15) is 11.5 Å². The summed E-state index contributed by atoms with van der Waals surface area (Å²) in [6.07, 6.45) is 0. The molecule has 6 heteroatoms. The number of hydrogen-bond donors (Lipinski definition) is 2. The van der Waals surface area contributed by atoms with E-state index in [1.165, 1.54) is 51.2 Å². The monoisotopic (exact) mass is 290 g/mol. The lowest BCUT2D eigenvalue weighted by Crippen LogP contribution is -2.01. The first-order valence-electron chi connectivity index (χ1n) is 5.34. The minimum atomic E-state index is -0.175. The Labute approximate surface area is 116 Å². The maximum Gasteiger partial charge on any atom is 0.169 e. The normalized spacial score (nSPS) is 13.8. The van der Waals surface area contributed by atoms with Crippen LogP contribution in [0.2, 0.25) is 0 Å². The highest BCUT2D eigenvalue weighted by atomic mass is 32.2. The number of Topliss-reactive ketones (excluding diaryl/α,β-unsaturated/α-hetero) is 2. The first-order chi connectivity index (χ1) is 8.27. The molecule has 0 aliphatic carbocycles. The highest BCUT2D eigenvalue weighted by Crippen LogP contribution is 2.25. The molecule has 0 rings (SSSR count). The number of allylic oxidation sites excluding steroid dienone is 4. The van der Waals surface area contributed by atoms with Crippen LogP contribution < -0.4 is 0 Å². The van der Waals surface area contributed by atoms with Crippen LogP contribution in [-0.4, -0.2) is 33.3 Å². The number of aliphatic hydroxyl groups excluding tert-OH is 2. The van der Waals surface area contributed by atoms with Gasteiger partial charge in [-0.25, -0.2) is 0 Å². The number of carbonyl (C=O) groups excluding carboxylic acids is 2. The minimum absolute atomic E-state index is 0.0122. The Hall–Kier alpha value is -0.880. The van der Waals surface area contributed by atoms with E-state index < -0.39 is 0 Å². The minimum Gasteiger partial charge on any atom is -0.511 e. The summed E-state index contributed by atoms with van der Waals surface area (Å²) in [7, 11) is 0. The summed E-state index contributed by atoms with van der Waals surface area (Å²) < 4.78 is 0.